The summed E-state index contributed by atoms with van der Waals surface area (Å²) < 4.78 is 0. The van der Waals surface area contributed by atoms with Crippen LogP contribution in [-0.2, 0) is 4.79 Å². The van der Waals surface area contributed by atoms with Crippen molar-refractivity contribution in [2.24, 2.45) is 0 Å². The van der Waals surface area contributed by atoms with Crippen molar-refractivity contribution in [3.63, 3.8) is 0 Å². The molecule has 1 aromatic rings. The highest BCUT2D eigenvalue weighted by atomic mass is 16.6. The van der Waals surface area contributed by atoms with Gasteiger partial charge in [-0.1, -0.05) is 31.9 Å². The van der Waals surface area contributed by atoms with Crippen LogP contribution in [0.4, 0.5) is 5.69 Å². The first-order valence-electron chi connectivity index (χ1n) is 7.32. The zero-order valence-electron chi connectivity index (χ0n) is 12.5. The quantitative estimate of drug-likeness (QED) is 0.496. The van der Waals surface area contributed by atoms with E-state index in [-0.39, 0.29) is 22.7 Å². The second kappa shape index (κ2) is 6.67. The van der Waals surface area contributed by atoms with Crippen molar-refractivity contribution in [1.82, 2.24) is 10.2 Å². The first kappa shape index (κ1) is 15.4. The van der Waals surface area contributed by atoms with Gasteiger partial charge in [0.15, 0.2) is 0 Å². The first-order chi connectivity index (χ1) is 10.0. The van der Waals surface area contributed by atoms with Crippen molar-refractivity contribution in [2.45, 2.75) is 39.3 Å². The topological polar surface area (TPSA) is 75.5 Å². The lowest BCUT2D eigenvalue weighted by atomic mass is 10.1. The van der Waals surface area contributed by atoms with Crippen LogP contribution in [0, 0.1) is 17.0 Å². The van der Waals surface area contributed by atoms with Crippen molar-refractivity contribution in [3.8, 4) is 0 Å². The summed E-state index contributed by atoms with van der Waals surface area (Å²) in [4.78, 5) is 24.4. The first-order valence-corrected chi connectivity index (χ1v) is 7.32. The molecule has 1 atom stereocenters. The van der Waals surface area contributed by atoms with Gasteiger partial charge in [-0.15, -0.1) is 0 Å². The van der Waals surface area contributed by atoms with E-state index >= 15 is 0 Å². The Morgan fingerprint density at radius 3 is 2.86 bits per heavy atom. The van der Waals surface area contributed by atoms with Crippen molar-refractivity contribution >= 4 is 11.6 Å². The van der Waals surface area contributed by atoms with Gasteiger partial charge in [-0.3, -0.25) is 20.2 Å². The Morgan fingerprint density at radius 1 is 1.43 bits per heavy atom. The van der Waals surface area contributed by atoms with Crippen molar-refractivity contribution in [3.05, 3.63) is 39.4 Å². The van der Waals surface area contributed by atoms with Crippen LogP contribution in [0.3, 0.4) is 0 Å². The van der Waals surface area contributed by atoms with Gasteiger partial charge >= 0.3 is 0 Å². The van der Waals surface area contributed by atoms with Crippen LogP contribution in [0.5, 0.6) is 0 Å². The van der Waals surface area contributed by atoms with Crippen LogP contribution in [0.25, 0.3) is 0 Å². The third kappa shape index (κ3) is 3.39. The monoisotopic (exact) mass is 291 g/mol. The van der Waals surface area contributed by atoms with Crippen LogP contribution in [-0.4, -0.2) is 28.8 Å². The maximum Gasteiger partial charge on any atom is 0.272 e. The molecule has 1 saturated heterocycles. The van der Waals surface area contributed by atoms with Crippen molar-refractivity contribution < 1.29 is 9.72 Å². The molecule has 1 heterocycles. The average molecular weight is 291 g/mol. The Kier molecular flexibility index (Phi) is 4.90. The zero-order chi connectivity index (χ0) is 15.4. The second-order valence-electron chi connectivity index (χ2n) is 5.38. The Bertz CT molecular complexity index is 545. The molecule has 1 aliphatic heterocycles. The molecule has 0 saturated carbocycles. The number of aryl methyl sites for hydroxylation is 1. The van der Waals surface area contributed by atoms with Crippen molar-refractivity contribution in [2.75, 3.05) is 13.1 Å². The lowest BCUT2D eigenvalue weighted by Crippen LogP contribution is -2.31. The number of carbonyl (C=O) groups excluding carboxylic acids is 1. The van der Waals surface area contributed by atoms with Crippen LogP contribution in [0.15, 0.2) is 18.2 Å². The summed E-state index contributed by atoms with van der Waals surface area (Å²) in [5, 5.41) is 14.2. The number of hydrogen-bond acceptors (Lipinski definition) is 4. The van der Waals surface area contributed by atoms with Crippen LogP contribution >= 0.6 is 0 Å². The van der Waals surface area contributed by atoms with Gasteiger partial charge in [-0.05, 0) is 18.9 Å². The number of nitro groups is 1. The summed E-state index contributed by atoms with van der Waals surface area (Å²) >= 11 is 0. The summed E-state index contributed by atoms with van der Waals surface area (Å²) in [6.45, 7) is 4.81. The summed E-state index contributed by atoms with van der Waals surface area (Å²) in [5.74, 6) is 0.0549. The normalized spacial score (nSPS) is 18.3. The van der Waals surface area contributed by atoms with Gasteiger partial charge in [0, 0.05) is 18.2 Å². The minimum atomic E-state index is -0.378. The number of benzene rings is 1. The number of nitrogens with one attached hydrogen (secondary N) is 1. The Balaban J connectivity index is 2.21. The highest BCUT2D eigenvalue weighted by Gasteiger charge is 2.31. The van der Waals surface area contributed by atoms with Crippen LogP contribution in [0.1, 0.15) is 43.5 Å². The highest BCUT2D eigenvalue weighted by molar-refractivity contribution is 5.81. The third-order valence-corrected chi connectivity index (χ3v) is 3.83. The molecule has 1 aromatic carbocycles. The predicted octanol–water partition coefficient (Wildman–Crippen LogP) is 2.52. The molecule has 0 radical (unpaired) electrons. The number of rotatable bonds is 6. The Labute approximate surface area is 124 Å². The molecule has 1 fully saturated rings. The second-order valence-corrected chi connectivity index (χ2v) is 5.38. The molecule has 1 aliphatic rings. The maximum atomic E-state index is 12.0. The van der Waals surface area contributed by atoms with E-state index in [9.17, 15) is 14.9 Å². The summed E-state index contributed by atoms with van der Waals surface area (Å²) in [5.41, 5.74) is 1.50. The predicted molar refractivity (Wildman–Crippen MR) is 79.8 cm³/mol. The van der Waals surface area contributed by atoms with Gasteiger partial charge in [0.25, 0.3) is 5.69 Å². The molecule has 1 N–H and O–H groups in total. The molecule has 6 nitrogen and oxygen atoms in total. The molecular weight excluding hydrogens is 270 g/mol. The molecule has 1 unspecified atom stereocenters. The average Bonchev–Trinajstić information content (AvgIpc) is 2.81. The largest absolute Gasteiger partial charge is 0.322 e. The molecule has 114 valence electrons. The van der Waals surface area contributed by atoms with Crippen LogP contribution < -0.4 is 5.32 Å². The van der Waals surface area contributed by atoms with Gasteiger partial charge < -0.3 is 4.90 Å². The lowest BCUT2D eigenvalue weighted by molar-refractivity contribution is -0.385. The van der Waals surface area contributed by atoms with E-state index < -0.39 is 0 Å². The Hall–Kier alpha value is -1.95. The van der Waals surface area contributed by atoms with E-state index in [0.29, 0.717) is 18.7 Å². The third-order valence-electron chi connectivity index (χ3n) is 3.83. The molecule has 2 rings (SSSR count). The number of unbranched alkanes of at least 4 members (excludes halogenated alkanes) is 2. The smallest absolute Gasteiger partial charge is 0.272 e. The van der Waals surface area contributed by atoms with Crippen molar-refractivity contribution in [1.29, 1.82) is 0 Å². The lowest BCUT2D eigenvalue weighted by Gasteiger charge is -2.24. The molecule has 0 bridgehead atoms. The van der Waals surface area contributed by atoms with Gasteiger partial charge in [0.05, 0.1) is 11.5 Å². The maximum absolute atomic E-state index is 12.0. The van der Waals surface area contributed by atoms with E-state index in [0.717, 1.165) is 24.8 Å². The van der Waals surface area contributed by atoms with E-state index in [1.807, 2.05) is 6.07 Å². The minimum absolute atomic E-state index is 0.0549. The molecular formula is C15H21N3O3. The molecule has 1 amide bonds. The highest BCUT2D eigenvalue weighted by Crippen LogP contribution is 2.28. The van der Waals surface area contributed by atoms with Gasteiger partial charge in [-0.2, -0.15) is 0 Å². The molecule has 21 heavy (non-hydrogen) atoms. The summed E-state index contributed by atoms with van der Waals surface area (Å²) in [6.07, 6.45) is 2.86. The summed E-state index contributed by atoms with van der Waals surface area (Å²) in [7, 11) is 0. The molecule has 6 heteroatoms. The standard InChI is InChI=1S/C15H21N3O3/c1-3-4-5-8-17-14(19)10-16-15(17)12-7-6-11(2)13(9-12)18(20)21/h6-7,9,15-16H,3-5,8,10H2,1-2H3. The SMILES string of the molecule is CCCCCN1C(=O)CNC1c1ccc(C)c([N+](=O)[O-])c1. The number of carbonyl (C=O) groups is 1. The van der Waals surface area contributed by atoms with E-state index in [1.54, 1.807) is 24.0 Å². The molecule has 0 aromatic heterocycles. The van der Waals surface area contributed by atoms with E-state index in [1.165, 1.54) is 0 Å². The van der Waals surface area contributed by atoms with E-state index in [4.69, 9.17) is 0 Å². The van der Waals surface area contributed by atoms with Gasteiger partial charge in [0.2, 0.25) is 5.91 Å². The fraction of sp³-hybridized carbons (Fsp3) is 0.533. The zero-order valence-corrected chi connectivity index (χ0v) is 12.5. The molecule has 0 aliphatic carbocycles. The fourth-order valence-electron chi connectivity index (χ4n) is 2.62. The fourth-order valence-corrected chi connectivity index (χ4v) is 2.62. The summed E-state index contributed by atoms with van der Waals surface area (Å²) in [6, 6.07) is 5.16. The van der Waals surface area contributed by atoms with Crippen LogP contribution in [0.2, 0.25) is 0 Å². The van der Waals surface area contributed by atoms with E-state index in [2.05, 4.69) is 12.2 Å². The number of hydrogen-bond donors (Lipinski definition) is 1. The van der Waals surface area contributed by atoms with Gasteiger partial charge in [0.1, 0.15) is 6.17 Å². The Morgan fingerprint density at radius 2 is 2.19 bits per heavy atom. The van der Waals surface area contributed by atoms with Gasteiger partial charge in [-0.25, -0.2) is 0 Å². The molecule has 0 spiro atoms. The number of amides is 1. The minimum Gasteiger partial charge on any atom is -0.322 e. The number of nitrogens with zero attached hydrogens (tertiary/aromatic N) is 2. The number of nitro benzene ring substituents is 1.